The molecule has 2 rings (SSSR count). The van der Waals surface area contributed by atoms with Gasteiger partial charge in [0.15, 0.2) is 0 Å². The number of nitrogens with two attached hydrogens (primary N) is 2. The molecule has 7 heteroatoms. The highest BCUT2D eigenvalue weighted by atomic mass is 35.5. The van der Waals surface area contributed by atoms with Crippen molar-refractivity contribution < 1.29 is 13.2 Å². The fourth-order valence-electron chi connectivity index (χ4n) is 1.71. The number of hydrogen-bond donors (Lipinski definition) is 2. The zero-order valence-electron chi connectivity index (χ0n) is 12.2. The van der Waals surface area contributed by atoms with E-state index in [0.29, 0.717) is 22.2 Å². The summed E-state index contributed by atoms with van der Waals surface area (Å²) >= 11 is 11.6. The average molecular weight is 365 g/mol. The van der Waals surface area contributed by atoms with Gasteiger partial charge in [-0.25, -0.2) is 0 Å². The topological polar surface area (TPSA) is 52.0 Å². The van der Waals surface area contributed by atoms with Gasteiger partial charge in [0, 0.05) is 16.6 Å². The van der Waals surface area contributed by atoms with E-state index in [0.717, 1.165) is 24.1 Å². The molecule has 2 aromatic rings. The molecular formula is C16H17Cl2F3N2. The third-order valence-electron chi connectivity index (χ3n) is 2.95. The fraction of sp³-hybridized carbons (Fsp3) is 0.250. The zero-order valence-corrected chi connectivity index (χ0v) is 13.7. The molecule has 0 saturated heterocycles. The van der Waals surface area contributed by atoms with Crippen LogP contribution < -0.4 is 11.5 Å². The van der Waals surface area contributed by atoms with Gasteiger partial charge in [-0.3, -0.25) is 0 Å². The third kappa shape index (κ3) is 6.79. The van der Waals surface area contributed by atoms with Gasteiger partial charge in [0.25, 0.3) is 0 Å². The highest BCUT2D eigenvalue weighted by Crippen LogP contribution is 2.28. The lowest BCUT2D eigenvalue weighted by atomic mass is 10.1. The summed E-state index contributed by atoms with van der Waals surface area (Å²) in [6.45, 7) is 0.874. The van der Waals surface area contributed by atoms with Gasteiger partial charge in [-0.1, -0.05) is 41.4 Å². The summed E-state index contributed by atoms with van der Waals surface area (Å²) in [5.74, 6) is 0. The minimum absolute atomic E-state index is 0.262. The smallest absolute Gasteiger partial charge is 0.330 e. The van der Waals surface area contributed by atoms with E-state index in [4.69, 9.17) is 34.7 Å². The molecule has 126 valence electrons. The SMILES string of the molecule is NCCc1ccc(Cl)cc1Cl.NCc1ccc(C(F)(F)F)cc1. The van der Waals surface area contributed by atoms with Crippen LogP contribution in [0.5, 0.6) is 0 Å². The summed E-state index contributed by atoms with van der Waals surface area (Å²) in [5, 5.41) is 1.36. The van der Waals surface area contributed by atoms with Crippen molar-refractivity contribution in [2.75, 3.05) is 6.54 Å². The second-order valence-electron chi connectivity index (χ2n) is 4.67. The van der Waals surface area contributed by atoms with Crippen LogP contribution in [0.3, 0.4) is 0 Å². The van der Waals surface area contributed by atoms with Crippen LogP contribution in [0.2, 0.25) is 10.0 Å². The van der Waals surface area contributed by atoms with E-state index in [1.165, 1.54) is 12.1 Å². The standard InChI is InChI=1S/C8H9Cl2N.C8H8F3N/c9-7-2-1-6(3-4-11)8(10)5-7;9-8(10,11)7-3-1-6(5-12)2-4-7/h1-2,5H,3-4,11H2;1-4H,5,12H2. The minimum Gasteiger partial charge on any atom is -0.330 e. The van der Waals surface area contributed by atoms with Gasteiger partial charge >= 0.3 is 6.18 Å². The molecule has 2 aromatic carbocycles. The predicted octanol–water partition coefficient (Wildman–Crippen LogP) is 4.66. The Balaban J connectivity index is 0.000000231. The van der Waals surface area contributed by atoms with Crippen LogP contribution in [0.25, 0.3) is 0 Å². The van der Waals surface area contributed by atoms with Gasteiger partial charge in [-0.15, -0.1) is 0 Å². The van der Waals surface area contributed by atoms with Gasteiger partial charge in [0.1, 0.15) is 0 Å². The third-order valence-corrected chi connectivity index (χ3v) is 3.53. The zero-order chi connectivity index (χ0) is 17.5. The first kappa shape index (κ1) is 19.8. The molecule has 0 atom stereocenters. The average Bonchev–Trinajstić information content (AvgIpc) is 2.50. The van der Waals surface area contributed by atoms with E-state index in [1.807, 2.05) is 12.1 Å². The van der Waals surface area contributed by atoms with Crippen molar-refractivity contribution in [3.63, 3.8) is 0 Å². The lowest BCUT2D eigenvalue weighted by molar-refractivity contribution is -0.137. The van der Waals surface area contributed by atoms with Crippen LogP contribution in [0.1, 0.15) is 16.7 Å². The molecule has 0 bridgehead atoms. The number of rotatable bonds is 3. The number of alkyl halides is 3. The Morgan fingerprint density at radius 2 is 1.52 bits per heavy atom. The summed E-state index contributed by atoms with van der Waals surface area (Å²) in [6, 6.07) is 10.3. The molecule has 0 heterocycles. The fourth-order valence-corrected chi connectivity index (χ4v) is 2.21. The first-order chi connectivity index (χ1) is 10.8. The van der Waals surface area contributed by atoms with Crippen molar-refractivity contribution in [2.45, 2.75) is 19.1 Å². The van der Waals surface area contributed by atoms with Gasteiger partial charge in [-0.2, -0.15) is 13.2 Å². The maximum Gasteiger partial charge on any atom is 0.416 e. The molecule has 0 aliphatic rings. The van der Waals surface area contributed by atoms with E-state index < -0.39 is 11.7 Å². The number of benzene rings is 2. The summed E-state index contributed by atoms with van der Waals surface area (Å²) in [5.41, 5.74) is 11.7. The van der Waals surface area contributed by atoms with Gasteiger partial charge in [0.2, 0.25) is 0 Å². The Hall–Kier alpha value is -1.27. The number of hydrogen-bond acceptors (Lipinski definition) is 2. The number of halogens is 5. The minimum atomic E-state index is -4.26. The molecule has 0 unspecified atom stereocenters. The molecule has 0 amide bonds. The van der Waals surface area contributed by atoms with Crippen molar-refractivity contribution in [3.8, 4) is 0 Å². The van der Waals surface area contributed by atoms with E-state index in [-0.39, 0.29) is 6.54 Å². The Morgan fingerprint density at radius 1 is 0.913 bits per heavy atom. The van der Waals surface area contributed by atoms with Crippen LogP contribution in [0.4, 0.5) is 13.2 Å². The first-order valence-corrected chi connectivity index (χ1v) is 7.53. The van der Waals surface area contributed by atoms with Crippen LogP contribution in [0, 0.1) is 0 Å². The molecule has 4 N–H and O–H groups in total. The quantitative estimate of drug-likeness (QED) is 0.831. The van der Waals surface area contributed by atoms with Crippen molar-refractivity contribution >= 4 is 23.2 Å². The summed E-state index contributed by atoms with van der Waals surface area (Å²) in [6.07, 6.45) is -3.46. The molecular weight excluding hydrogens is 348 g/mol. The highest BCUT2D eigenvalue weighted by molar-refractivity contribution is 6.35. The van der Waals surface area contributed by atoms with Crippen molar-refractivity contribution in [2.24, 2.45) is 11.5 Å². The molecule has 2 nitrogen and oxygen atoms in total. The molecule has 0 radical (unpaired) electrons. The highest BCUT2D eigenvalue weighted by Gasteiger charge is 2.29. The van der Waals surface area contributed by atoms with E-state index in [2.05, 4.69) is 0 Å². The van der Waals surface area contributed by atoms with Crippen LogP contribution in [-0.4, -0.2) is 6.54 Å². The summed E-state index contributed by atoms with van der Waals surface area (Å²) in [4.78, 5) is 0. The molecule has 23 heavy (non-hydrogen) atoms. The van der Waals surface area contributed by atoms with Crippen molar-refractivity contribution in [1.82, 2.24) is 0 Å². The second kappa shape index (κ2) is 9.13. The molecule has 0 spiro atoms. The normalized spacial score (nSPS) is 10.9. The van der Waals surface area contributed by atoms with Crippen molar-refractivity contribution in [3.05, 3.63) is 69.2 Å². The van der Waals surface area contributed by atoms with Crippen LogP contribution in [0.15, 0.2) is 42.5 Å². The van der Waals surface area contributed by atoms with Gasteiger partial charge in [-0.05, 0) is 48.4 Å². The van der Waals surface area contributed by atoms with E-state index in [9.17, 15) is 13.2 Å². The monoisotopic (exact) mass is 364 g/mol. The Bertz CT molecular complexity index is 614. The predicted molar refractivity (Wildman–Crippen MR) is 88.6 cm³/mol. The van der Waals surface area contributed by atoms with Crippen LogP contribution in [-0.2, 0) is 19.1 Å². The maximum absolute atomic E-state index is 12.0. The van der Waals surface area contributed by atoms with Crippen molar-refractivity contribution in [1.29, 1.82) is 0 Å². The van der Waals surface area contributed by atoms with E-state index >= 15 is 0 Å². The first-order valence-electron chi connectivity index (χ1n) is 6.78. The summed E-state index contributed by atoms with van der Waals surface area (Å²) in [7, 11) is 0. The maximum atomic E-state index is 12.0. The Labute approximate surface area is 143 Å². The lowest BCUT2D eigenvalue weighted by Gasteiger charge is -2.06. The second-order valence-corrected chi connectivity index (χ2v) is 5.52. The molecule has 0 fully saturated rings. The van der Waals surface area contributed by atoms with Gasteiger partial charge < -0.3 is 11.5 Å². The van der Waals surface area contributed by atoms with Crippen LogP contribution >= 0.6 is 23.2 Å². The lowest BCUT2D eigenvalue weighted by Crippen LogP contribution is -2.05. The molecule has 0 aliphatic carbocycles. The molecule has 0 aromatic heterocycles. The summed E-state index contributed by atoms with van der Waals surface area (Å²) < 4.78 is 36.0. The Morgan fingerprint density at radius 3 is 1.96 bits per heavy atom. The molecule has 0 saturated carbocycles. The van der Waals surface area contributed by atoms with Gasteiger partial charge in [0.05, 0.1) is 5.56 Å². The largest absolute Gasteiger partial charge is 0.416 e. The Kier molecular flexibility index (Phi) is 7.85. The van der Waals surface area contributed by atoms with E-state index in [1.54, 1.807) is 6.07 Å². The molecule has 0 aliphatic heterocycles.